The molecule has 1 aliphatic heterocycles. The monoisotopic (exact) mass is 506 g/mol. The molecule has 3 rings (SSSR count). The first-order valence-electron chi connectivity index (χ1n) is 10.1. The zero-order valence-electron chi connectivity index (χ0n) is 18.0. The summed E-state index contributed by atoms with van der Waals surface area (Å²) in [6, 6.07) is 5.47. The summed E-state index contributed by atoms with van der Waals surface area (Å²) in [6.07, 6.45) is -6.85. The molecule has 0 radical (unpaired) electrons. The highest BCUT2D eigenvalue weighted by Crippen LogP contribution is 2.37. The normalized spacial score (nSPS) is 20.3. The van der Waals surface area contributed by atoms with Crippen LogP contribution in [-0.4, -0.2) is 37.3 Å². The molecule has 0 N–H and O–H groups in total. The van der Waals surface area contributed by atoms with Gasteiger partial charge in [0.25, 0.3) is 0 Å². The molecule has 0 spiro atoms. The van der Waals surface area contributed by atoms with Crippen LogP contribution in [0, 0.1) is 5.92 Å². The number of rotatable bonds is 5. The molecule has 1 atom stereocenters. The molecule has 1 unspecified atom stereocenters. The molecule has 34 heavy (non-hydrogen) atoms. The van der Waals surface area contributed by atoms with Crippen LogP contribution in [0.15, 0.2) is 68.7 Å². The van der Waals surface area contributed by atoms with Gasteiger partial charge < -0.3 is 4.90 Å². The van der Waals surface area contributed by atoms with Crippen molar-refractivity contribution in [2.45, 2.75) is 50.5 Å². The van der Waals surface area contributed by atoms with Gasteiger partial charge in [-0.2, -0.15) is 26.3 Å². The molecule has 0 saturated heterocycles. The highest BCUT2D eigenvalue weighted by molar-refractivity contribution is 7.95. The van der Waals surface area contributed by atoms with Crippen LogP contribution in [0.3, 0.4) is 0 Å². The highest BCUT2D eigenvalue weighted by Gasteiger charge is 2.38. The molecule has 184 valence electrons. The lowest BCUT2D eigenvalue weighted by Crippen LogP contribution is -2.26. The average molecular weight is 506 g/mol. The Hall–Kier alpha value is -2.89. The molecule has 1 amide bonds. The second-order valence-corrected chi connectivity index (χ2v) is 9.78. The van der Waals surface area contributed by atoms with Gasteiger partial charge in [0.2, 0.25) is 15.7 Å². The van der Waals surface area contributed by atoms with Crippen LogP contribution in [-0.2, 0) is 21.2 Å². The number of carbonyl (C=O) groups excluding carboxylic acids is 1. The van der Waals surface area contributed by atoms with Crippen LogP contribution in [0.2, 0.25) is 0 Å². The maximum atomic E-state index is 13.2. The number of hydrogen-bond acceptors (Lipinski definition) is 4. The van der Waals surface area contributed by atoms with E-state index in [9.17, 15) is 39.6 Å². The summed E-state index contributed by atoms with van der Waals surface area (Å²) in [4.78, 5) is 16.3. The van der Waals surface area contributed by atoms with E-state index in [1.165, 1.54) is 37.3 Å². The molecule has 12 heteroatoms. The van der Waals surface area contributed by atoms with Crippen molar-refractivity contribution < 1.29 is 39.6 Å². The van der Waals surface area contributed by atoms with E-state index in [2.05, 4.69) is 4.99 Å². The van der Waals surface area contributed by atoms with Crippen LogP contribution in [0.5, 0.6) is 0 Å². The van der Waals surface area contributed by atoms with Crippen LogP contribution >= 0.6 is 0 Å². The zero-order valence-corrected chi connectivity index (χ0v) is 18.9. The van der Waals surface area contributed by atoms with E-state index >= 15 is 0 Å². The van der Waals surface area contributed by atoms with Crippen molar-refractivity contribution in [1.82, 2.24) is 4.90 Å². The van der Waals surface area contributed by atoms with Gasteiger partial charge in [-0.15, -0.1) is 0 Å². The van der Waals surface area contributed by atoms with Crippen molar-refractivity contribution in [3.63, 3.8) is 0 Å². The Morgan fingerprint density at radius 3 is 2.41 bits per heavy atom. The fraction of sp³-hybridized carbons (Fsp3) is 0.364. The standard InChI is InChI=1S/C22H20F6N2O3S/c1-13-18(29-14(2)21(23,24)25)12-30(20(13)31)11-15-6-3-4-9-19(15)34(32,33)17-8-5-7-16(10-17)22(26,27)28/h3-4,6,8-10,12-13H,5,7,11H2,1-2H3. The lowest BCUT2D eigenvalue weighted by atomic mass is 10.1. The van der Waals surface area contributed by atoms with E-state index in [1.54, 1.807) is 0 Å². The SMILES string of the molecule is CC(=NC1=CN(Cc2ccccc2S(=O)(=O)C2=CCCC(C(F)(F)F)=C2)C(=O)C1C)C(F)(F)F. The minimum atomic E-state index is -4.67. The van der Waals surface area contributed by atoms with Gasteiger partial charge in [0.05, 0.1) is 28.0 Å². The van der Waals surface area contributed by atoms with Crippen molar-refractivity contribution in [3.8, 4) is 0 Å². The molecular weight excluding hydrogens is 486 g/mol. The smallest absolute Gasteiger partial charge is 0.312 e. The summed E-state index contributed by atoms with van der Waals surface area (Å²) in [6.45, 7) is 1.83. The number of sulfone groups is 1. The fourth-order valence-electron chi connectivity index (χ4n) is 3.51. The van der Waals surface area contributed by atoms with Crippen LogP contribution in [0.4, 0.5) is 26.3 Å². The molecule has 1 aromatic carbocycles. The molecule has 0 fully saturated rings. The molecular formula is C22H20F6N2O3S. The molecule has 1 heterocycles. The van der Waals surface area contributed by atoms with Gasteiger partial charge in [0, 0.05) is 11.8 Å². The number of alkyl halides is 6. The third kappa shape index (κ3) is 5.26. The topological polar surface area (TPSA) is 66.8 Å². The van der Waals surface area contributed by atoms with Gasteiger partial charge in [0.1, 0.15) is 5.71 Å². The van der Waals surface area contributed by atoms with E-state index in [4.69, 9.17) is 0 Å². The van der Waals surface area contributed by atoms with Gasteiger partial charge in [-0.25, -0.2) is 8.42 Å². The molecule has 0 saturated carbocycles. The summed E-state index contributed by atoms with van der Waals surface area (Å²) in [5.41, 5.74) is -2.13. The first-order valence-corrected chi connectivity index (χ1v) is 11.6. The van der Waals surface area contributed by atoms with E-state index in [1.807, 2.05) is 0 Å². The van der Waals surface area contributed by atoms with Crippen molar-refractivity contribution in [2.24, 2.45) is 10.9 Å². The summed E-state index contributed by atoms with van der Waals surface area (Å²) in [5.74, 6) is -1.57. The van der Waals surface area contributed by atoms with Crippen molar-refractivity contribution >= 4 is 21.5 Å². The Balaban J connectivity index is 1.96. The van der Waals surface area contributed by atoms with Gasteiger partial charge in [-0.3, -0.25) is 9.79 Å². The first kappa shape index (κ1) is 25.7. The van der Waals surface area contributed by atoms with E-state index in [0.717, 1.165) is 18.0 Å². The number of amides is 1. The third-order valence-corrected chi connectivity index (χ3v) is 7.33. The molecule has 0 aromatic heterocycles. The average Bonchev–Trinajstić information content (AvgIpc) is 3.00. The number of hydrogen-bond donors (Lipinski definition) is 0. The van der Waals surface area contributed by atoms with Crippen molar-refractivity contribution in [3.05, 3.63) is 64.4 Å². The lowest BCUT2D eigenvalue weighted by molar-refractivity contribution is -0.130. The second-order valence-electron chi connectivity index (χ2n) is 7.86. The molecule has 5 nitrogen and oxygen atoms in total. The lowest BCUT2D eigenvalue weighted by Gasteiger charge is -2.20. The van der Waals surface area contributed by atoms with Gasteiger partial charge in [-0.1, -0.05) is 24.3 Å². The van der Waals surface area contributed by atoms with Gasteiger partial charge in [0.15, 0.2) is 0 Å². The van der Waals surface area contributed by atoms with Crippen LogP contribution in [0.25, 0.3) is 0 Å². The summed E-state index contributed by atoms with van der Waals surface area (Å²) in [5, 5.41) is 0. The number of allylic oxidation sites excluding steroid dienone is 3. The van der Waals surface area contributed by atoms with Crippen LogP contribution < -0.4 is 0 Å². The number of carbonyl (C=O) groups is 1. The molecule has 2 aliphatic rings. The third-order valence-electron chi connectivity index (χ3n) is 5.45. The summed E-state index contributed by atoms with van der Waals surface area (Å²) < 4.78 is 104. The maximum Gasteiger partial charge on any atom is 0.429 e. The minimum Gasteiger partial charge on any atom is -0.312 e. The Bertz CT molecular complexity index is 1220. The Morgan fingerprint density at radius 2 is 1.79 bits per heavy atom. The van der Waals surface area contributed by atoms with E-state index in [-0.39, 0.29) is 35.5 Å². The van der Waals surface area contributed by atoms with Crippen LogP contribution in [0.1, 0.15) is 32.3 Å². The predicted octanol–water partition coefficient (Wildman–Crippen LogP) is 5.47. The fourth-order valence-corrected chi connectivity index (χ4v) is 5.13. The molecule has 1 aromatic rings. The Labute approximate surface area is 192 Å². The van der Waals surface area contributed by atoms with Crippen molar-refractivity contribution in [1.29, 1.82) is 0 Å². The number of halogens is 6. The number of nitrogens with zero attached hydrogens (tertiary/aromatic N) is 2. The Kier molecular flexibility index (Phi) is 6.84. The second kappa shape index (κ2) is 9.05. The summed E-state index contributed by atoms with van der Waals surface area (Å²) >= 11 is 0. The quantitative estimate of drug-likeness (QED) is 0.393. The maximum absolute atomic E-state index is 13.2. The number of benzene rings is 1. The number of aliphatic imine (C=N–C) groups is 1. The van der Waals surface area contributed by atoms with E-state index in [0.29, 0.717) is 6.08 Å². The molecule has 1 aliphatic carbocycles. The zero-order chi connectivity index (χ0) is 25.5. The largest absolute Gasteiger partial charge is 0.429 e. The van der Waals surface area contributed by atoms with Gasteiger partial charge in [-0.05, 0) is 44.4 Å². The highest BCUT2D eigenvalue weighted by atomic mass is 32.2. The van der Waals surface area contributed by atoms with Crippen molar-refractivity contribution in [2.75, 3.05) is 0 Å². The molecule has 0 bridgehead atoms. The van der Waals surface area contributed by atoms with Gasteiger partial charge >= 0.3 is 12.4 Å². The summed E-state index contributed by atoms with van der Waals surface area (Å²) in [7, 11) is -4.36. The Morgan fingerprint density at radius 1 is 1.15 bits per heavy atom. The minimum absolute atomic E-state index is 0.102. The predicted molar refractivity (Wildman–Crippen MR) is 112 cm³/mol. The first-order chi connectivity index (χ1) is 15.6. The van der Waals surface area contributed by atoms with E-state index < -0.39 is 50.2 Å².